The quantitative estimate of drug-likeness (QED) is 0.688. The lowest BCUT2D eigenvalue weighted by atomic mass is 10.0. The summed E-state index contributed by atoms with van der Waals surface area (Å²) in [7, 11) is 0. The molecule has 2 bridgehead atoms. The lowest BCUT2D eigenvalue weighted by molar-refractivity contribution is -0.118. The van der Waals surface area contributed by atoms with Crippen molar-refractivity contribution in [3.05, 3.63) is 35.4 Å². The molecule has 2 atom stereocenters. The van der Waals surface area contributed by atoms with Crippen LogP contribution in [0.2, 0.25) is 0 Å². The molecule has 2 fully saturated rings. The van der Waals surface area contributed by atoms with Gasteiger partial charge >= 0.3 is 0 Å². The summed E-state index contributed by atoms with van der Waals surface area (Å²) in [5.41, 5.74) is 2.10. The minimum Gasteiger partial charge on any atom is -0.299 e. The molecule has 2 heterocycles. The molecule has 2 saturated heterocycles. The van der Waals surface area contributed by atoms with E-state index >= 15 is 0 Å². The van der Waals surface area contributed by atoms with Gasteiger partial charge in [-0.2, -0.15) is 0 Å². The standard InChI is InChI=1S/C20H28N2O2/c1-3-20(24)17-8-4-6-16(10-17)7-5-9-21-13-19-11-18(21)14-22(19)12-15(2)23/h4,6,8,10,18-19H,3,5,7,9,11-14H2,1-2H3/t18-,19-/m0/s1. The van der Waals surface area contributed by atoms with Crippen LogP contribution in [0.3, 0.4) is 0 Å². The first kappa shape index (κ1) is 17.3. The maximum atomic E-state index is 11.8. The summed E-state index contributed by atoms with van der Waals surface area (Å²) < 4.78 is 0. The van der Waals surface area contributed by atoms with Gasteiger partial charge in [-0.3, -0.25) is 19.4 Å². The van der Waals surface area contributed by atoms with E-state index in [1.807, 2.05) is 19.1 Å². The maximum Gasteiger partial charge on any atom is 0.162 e. The van der Waals surface area contributed by atoms with Crippen LogP contribution < -0.4 is 0 Å². The molecule has 0 N–H and O–H groups in total. The highest BCUT2D eigenvalue weighted by atomic mass is 16.1. The number of fused-ring (bicyclic) bond motifs is 2. The second-order valence-electron chi connectivity index (χ2n) is 7.25. The molecule has 2 aliphatic rings. The molecule has 130 valence electrons. The van der Waals surface area contributed by atoms with E-state index in [0.29, 0.717) is 25.0 Å². The number of piperazine rings is 1. The van der Waals surface area contributed by atoms with Crippen LogP contribution in [-0.2, 0) is 11.2 Å². The Labute approximate surface area is 144 Å². The third-order valence-corrected chi connectivity index (χ3v) is 5.37. The fraction of sp³-hybridized carbons (Fsp3) is 0.600. The number of likely N-dealkylation sites (tertiary alicyclic amines) is 2. The van der Waals surface area contributed by atoms with Crippen molar-refractivity contribution in [1.82, 2.24) is 9.80 Å². The van der Waals surface area contributed by atoms with Gasteiger partial charge in [0.1, 0.15) is 5.78 Å². The molecule has 3 rings (SSSR count). The first-order chi connectivity index (χ1) is 11.6. The van der Waals surface area contributed by atoms with Gasteiger partial charge in [0.25, 0.3) is 0 Å². The molecule has 0 saturated carbocycles. The summed E-state index contributed by atoms with van der Waals surface area (Å²) in [4.78, 5) is 28.0. The molecule has 0 radical (unpaired) electrons. The van der Waals surface area contributed by atoms with Crippen molar-refractivity contribution in [3.8, 4) is 0 Å². The van der Waals surface area contributed by atoms with Crippen LogP contribution in [0.5, 0.6) is 0 Å². The van der Waals surface area contributed by atoms with E-state index in [1.165, 1.54) is 12.0 Å². The van der Waals surface area contributed by atoms with E-state index in [9.17, 15) is 9.59 Å². The van der Waals surface area contributed by atoms with Crippen molar-refractivity contribution in [3.63, 3.8) is 0 Å². The number of aryl methyl sites for hydroxylation is 1. The molecule has 0 aromatic heterocycles. The van der Waals surface area contributed by atoms with Gasteiger partial charge in [-0.15, -0.1) is 0 Å². The number of Topliss-reactive ketones (excluding diaryl/α,β-unsaturated/α-hetero) is 2. The number of benzene rings is 1. The molecule has 4 heteroatoms. The highest BCUT2D eigenvalue weighted by Crippen LogP contribution is 2.30. The predicted molar refractivity (Wildman–Crippen MR) is 95.4 cm³/mol. The predicted octanol–water partition coefficient (Wildman–Crippen LogP) is 2.56. The molecule has 1 aromatic rings. The smallest absolute Gasteiger partial charge is 0.162 e. The van der Waals surface area contributed by atoms with E-state index in [0.717, 1.165) is 38.0 Å². The summed E-state index contributed by atoms with van der Waals surface area (Å²) in [5, 5.41) is 0. The molecule has 0 unspecified atom stereocenters. The van der Waals surface area contributed by atoms with E-state index in [2.05, 4.69) is 21.9 Å². The lowest BCUT2D eigenvalue weighted by Crippen LogP contribution is -2.47. The number of nitrogens with zero attached hydrogens (tertiary/aromatic N) is 2. The van der Waals surface area contributed by atoms with Gasteiger partial charge in [-0.05, 0) is 44.4 Å². The summed E-state index contributed by atoms with van der Waals surface area (Å²) in [6, 6.07) is 9.29. The van der Waals surface area contributed by atoms with Gasteiger partial charge in [0.2, 0.25) is 0 Å². The molecular formula is C20H28N2O2. The lowest BCUT2D eigenvalue weighted by Gasteiger charge is -2.33. The Balaban J connectivity index is 1.45. The van der Waals surface area contributed by atoms with Gasteiger partial charge in [-0.25, -0.2) is 0 Å². The fourth-order valence-corrected chi connectivity index (χ4v) is 4.18. The van der Waals surface area contributed by atoms with Crippen LogP contribution in [0, 0.1) is 0 Å². The van der Waals surface area contributed by atoms with Crippen LogP contribution in [0.15, 0.2) is 24.3 Å². The molecule has 1 aromatic carbocycles. The largest absolute Gasteiger partial charge is 0.299 e. The third-order valence-electron chi connectivity index (χ3n) is 5.37. The first-order valence-corrected chi connectivity index (χ1v) is 9.16. The van der Waals surface area contributed by atoms with Gasteiger partial charge in [-0.1, -0.05) is 25.1 Å². The Morgan fingerprint density at radius 1 is 1.17 bits per heavy atom. The SMILES string of the molecule is CCC(=O)c1cccc(CCCN2C[C@@H]3C[C@H]2CN3CC(C)=O)c1. The van der Waals surface area contributed by atoms with Crippen molar-refractivity contribution in [2.24, 2.45) is 0 Å². The molecular weight excluding hydrogens is 300 g/mol. The Bertz CT molecular complexity index is 613. The van der Waals surface area contributed by atoms with E-state index in [-0.39, 0.29) is 11.6 Å². The summed E-state index contributed by atoms with van der Waals surface area (Å²) in [6.07, 6.45) is 3.93. The average Bonchev–Trinajstić information content (AvgIpc) is 3.13. The molecule has 0 aliphatic carbocycles. The second-order valence-corrected chi connectivity index (χ2v) is 7.25. The van der Waals surface area contributed by atoms with Crippen molar-refractivity contribution < 1.29 is 9.59 Å². The summed E-state index contributed by atoms with van der Waals surface area (Å²) in [5.74, 6) is 0.495. The Kier molecular flexibility index (Phi) is 5.47. The Hall–Kier alpha value is -1.52. The van der Waals surface area contributed by atoms with Gasteiger partial charge in [0.05, 0.1) is 6.54 Å². The zero-order valence-corrected chi connectivity index (χ0v) is 14.8. The van der Waals surface area contributed by atoms with Crippen LogP contribution in [-0.4, -0.2) is 59.6 Å². The van der Waals surface area contributed by atoms with Crippen LogP contribution >= 0.6 is 0 Å². The Morgan fingerprint density at radius 2 is 1.92 bits per heavy atom. The maximum absolute atomic E-state index is 11.8. The van der Waals surface area contributed by atoms with Crippen molar-refractivity contribution in [1.29, 1.82) is 0 Å². The minimum atomic E-state index is 0.222. The number of hydrogen-bond donors (Lipinski definition) is 0. The number of rotatable bonds is 8. The van der Waals surface area contributed by atoms with E-state index < -0.39 is 0 Å². The topological polar surface area (TPSA) is 40.6 Å². The van der Waals surface area contributed by atoms with Crippen molar-refractivity contribution in [2.75, 3.05) is 26.2 Å². The van der Waals surface area contributed by atoms with E-state index in [1.54, 1.807) is 6.92 Å². The first-order valence-electron chi connectivity index (χ1n) is 9.16. The van der Waals surface area contributed by atoms with Gasteiger partial charge in [0, 0.05) is 37.2 Å². The monoisotopic (exact) mass is 328 g/mol. The Morgan fingerprint density at radius 3 is 2.58 bits per heavy atom. The summed E-state index contributed by atoms with van der Waals surface area (Å²) in [6.45, 7) is 7.47. The van der Waals surface area contributed by atoms with Gasteiger partial charge in [0.15, 0.2) is 5.78 Å². The average molecular weight is 328 g/mol. The van der Waals surface area contributed by atoms with Crippen LogP contribution in [0.1, 0.15) is 49.0 Å². The van der Waals surface area contributed by atoms with E-state index in [4.69, 9.17) is 0 Å². The van der Waals surface area contributed by atoms with Gasteiger partial charge < -0.3 is 0 Å². The zero-order chi connectivity index (χ0) is 17.1. The number of carbonyl (C=O) groups is 2. The van der Waals surface area contributed by atoms with Crippen LogP contribution in [0.4, 0.5) is 0 Å². The molecule has 24 heavy (non-hydrogen) atoms. The third kappa shape index (κ3) is 3.93. The highest BCUT2D eigenvalue weighted by Gasteiger charge is 2.42. The van der Waals surface area contributed by atoms with Crippen LogP contribution in [0.25, 0.3) is 0 Å². The number of hydrogen-bond acceptors (Lipinski definition) is 4. The second kappa shape index (κ2) is 7.58. The number of ketones is 2. The summed E-state index contributed by atoms with van der Waals surface area (Å²) >= 11 is 0. The zero-order valence-electron chi connectivity index (χ0n) is 14.8. The molecule has 4 nitrogen and oxygen atoms in total. The molecule has 0 spiro atoms. The fourth-order valence-electron chi connectivity index (χ4n) is 4.18. The highest BCUT2D eigenvalue weighted by molar-refractivity contribution is 5.95. The molecule has 0 amide bonds. The minimum absolute atomic E-state index is 0.222. The normalized spacial score (nSPS) is 23.8. The molecule has 2 aliphatic heterocycles. The van der Waals surface area contributed by atoms with Crippen molar-refractivity contribution >= 4 is 11.6 Å². The number of carbonyl (C=O) groups excluding carboxylic acids is 2. The van der Waals surface area contributed by atoms with Crippen molar-refractivity contribution in [2.45, 2.75) is 51.6 Å².